The molecule has 1 aromatic heterocycles. The summed E-state index contributed by atoms with van der Waals surface area (Å²) < 4.78 is 0. The number of β-amino-alcohol motifs (C(OH)–C–C–N with tert-alkyl or cyclic N) is 1. The smallest absolute Gasteiger partial charge is 0.254 e. The van der Waals surface area contributed by atoms with Gasteiger partial charge in [0.05, 0.1) is 6.54 Å². The van der Waals surface area contributed by atoms with E-state index in [-0.39, 0.29) is 12.5 Å². The summed E-state index contributed by atoms with van der Waals surface area (Å²) in [6, 6.07) is 7.28. The van der Waals surface area contributed by atoms with Crippen LogP contribution in [-0.4, -0.2) is 45.5 Å². The van der Waals surface area contributed by atoms with Crippen molar-refractivity contribution in [1.29, 1.82) is 0 Å². The Morgan fingerprint density at radius 1 is 1.33 bits per heavy atom. The number of aromatic amines is 1. The lowest BCUT2D eigenvalue weighted by atomic mass is 9.91. The molecular formula is C15H17N3O3. The maximum Gasteiger partial charge on any atom is 0.254 e. The molecule has 1 aromatic carbocycles. The van der Waals surface area contributed by atoms with Crippen molar-refractivity contribution in [3.05, 3.63) is 36.0 Å². The maximum absolute atomic E-state index is 12.7. The van der Waals surface area contributed by atoms with Crippen molar-refractivity contribution < 1.29 is 14.7 Å². The van der Waals surface area contributed by atoms with Gasteiger partial charge in [-0.15, -0.1) is 0 Å². The number of H-pyrrole nitrogens is 1. The number of fused-ring (bicyclic) bond motifs is 1. The maximum atomic E-state index is 12.7. The minimum absolute atomic E-state index is 0.0536. The first-order chi connectivity index (χ1) is 10.0. The molecule has 0 aliphatic carbocycles. The normalized spacial score (nSPS) is 22.4. The Hall–Kier alpha value is -2.34. The zero-order valence-electron chi connectivity index (χ0n) is 11.5. The monoisotopic (exact) mass is 287 g/mol. The minimum Gasteiger partial charge on any atom is -0.378 e. The van der Waals surface area contributed by atoms with Gasteiger partial charge >= 0.3 is 0 Å². The topological polar surface area (TPSA) is 99.4 Å². The van der Waals surface area contributed by atoms with Gasteiger partial charge in [0.2, 0.25) is 0 Å². The fourth-order valence-corrected chi connectivity index (χ4v) is 2.85. The highest BCUT2D eigenvalue weighted by atomic mass is 16.3. The molecule has 1 aliphatic heterocycles. The summed E-state index contributed by atoms with van der Waals surface area (Å²) in [6.45, 7) is 0.456. The number of nitrogens with one attached hydrogen (secondary N) is 1. The van der Waals surface area contributed by atoms with E-state index in [0.29, 0.717) is 24.9 Å². The molecule has 4 N–H and O–H groups in total. The van der Waals surface area contributed by atoms with E-state index in [1.165, 1.54) is 4.90 Å². The van der Waals surface area contributed by atoms with Crippen LogP contribution in [0.25, 0.3) is 10.9 Å². The summed E-state index contributed by atoms with van der Waals surface area (Å²) in [5.74, 6) is -0.973. The first-order valence-corrected chi connectivity index (χ1v) is 6.89. The van der Waals surface area contributed by atoms with Crippen LogP contribution in [0.15, 0.2) is 30.5 Å². The number of benzene rings is 1. The third-order valence-electron chi connectivity index (χ3n) is 4.04. The second-order valence-electron chi connectivity index (χ2n) is 5.47. The number of amides is 2. The van der Waals surface area contributed by atoms with Gasteiger partial charge in [-0.25, -0.2) is 0 Å². The minimum atomic E-state index is -1.63. The number of carbonyl (C=O) groups excluding carboxylic acids is 2. The van der Waals surface area contributed by atoms with E-state index in [2.05, 4.69) is 4.98 Å². The third kappa shape index (κ3) is 2.27. The van der Waals surface area contributed by atoms with Gasteiger partial charge in [0.25, 0.3) is 11.8 Å². The molecule has 2 amide bonds. The zero-order valence-corrected chi connectivity index (χ0v) is 11.5. The lowest BCUT2D eigenvalue weighted by molar-refractivity contribution is -0.140. The Balaban J connectivity index is 1.92. The molecule has 21 heavy (non-hydrogen) atoms. The van der Waals surface area contributed by atoms with Gasteiger partial charge in [0, 0.05) is 29.2 Å². The molecule has 6 heteroatoms. The number of rotatable bonds is 2. The van der Waals surface area contributed by atoms with Crippen molar-refractivity contribution >= 4 is 22.7 Å². The Bertz CT molecular complexity index is 709. The predicted molar refractivity (Wildman–Crippen MR) is 77.6 cm³/mol. The number of likely N-dealkylation sites (tertiary alicyclic amines) is 1. The number of aliphatic hydroxyl groups is 1. The number of hydrogen-bond acceptors (Lipinski definition) is 3. The Morgan fingerprint density at radius 3 is 2.90 bits per heavy atom. The van der Waals surface area contributed by atoms with Gasteiger partial charge in [0.15, 0.2) is 5.60 Å². The zero-order chi connectivity index (χ0) is 15.0. The van der Waals surface area contributed by atoms with Gasteiger partial charge in [-0.3, -0.25) is 9.59 Å². The summed E-state index contributed by atoms with van der Waals surface area (Å²) in [5, 5.41) is 11.0. The first kappa shape index (κ1) is 13.6. The Morgan fingerprint density at radius 2 is 2.14 bits per heavy atom. The first-order valence-electron chi connectivity index (χ1n) is 6.89. The van der Waals surface area contributed by atoms with Gasteiger partial charge in [0.1, 0.15) is 0 Å². The lowest BCUT2D eigenvalue weighted by Crippen LogP contribution is -2.57. The van der Waals surface area contributed by atoms with Gasteiger partial charge < -0.3 is 20.7 Å². The molecule has 1 unspecified atom stereocenters. The average molecular weight is 287 g/mol. The molecule has 6 nitrogen and oxygen atoms in total. The summed E-state index contributed by atoms with van der Waals surface area (Å²) in [7, 11) is 0. The van der Waals surface area contributed by atoms with E-state index < -0.39 is 11.5 Å². The van der Waals surface area contributed by atoms with E-state index in [4.69, 9.17) is 5.73 Å². The van der Waals surface area contributed by atoms with Crippen LogP contribution in [0.1, 0.15) is 23.2 Å². The molecule has 1 saturated heterocycles. The molecular weight excluding hydrogens is 270 g/mol. The van der Waals surface area contributed by atoms with E-state index in [0.717, 1.165) is 10.9 Å². The van der Waals surface area contributed by atoms with E-state index in [1.807, 2.05) is 12.1 Å². The molecule has 0 radical (unpaired) electrons. The van der Waals surface area contributed by atoms with Crippen LogP contribution in [-0.2, 0) is 4.79 Å². The number of nitrogens with zero attached hydrogens (tertiary/aromatic N) is 1. The number of primary amides is 1. The van der Waals surface area contributed by atoms with Crippen molar-refractivity contribution in [2.24, 2.45) is 5.73 Å². The second-order valence-corrected chi connectivity index (χ2v) is 5.47. The molecule has 0 bridgehead atoms. The second kappa shape index (κ2) is 4.89. The van der Waals surface area contributed by atoms with Crippen molar-refractivity contribution in [3.8, 4) is 0 Å². The largest absolute Gasteiger partial charge is 0.378 e. The number of piperidine rings is 1. The highest BCUT2D eigenvalue weighted by Crippen LogP contribution is 2.25. The van der Waals surface area contributed by atoms with E-state index in [9.17, 15) is 14.7 Å². The summed E-state index contributed by atoms with van der Waals surface area (Å²) in [5.41, 5.74) is 5.06. The van der Waals surface area contributed by atoms with Gasteiger partial charge in [-0.2, -0.15) is 0 Å². The quantitative estimate of drug-likeness (QED) is 0.755. The molecule has 0 saturated carbocycles. The molecule has 0 spiro atoms. The van der Waals surface area contributed by atoms with E-state index >= 15 is 0 Å². The van der Waals surface area contributed by atoms with E-state index in [1.54, 1.807) is 18.3 Å². The van der Waals surface area contributed by atoms with Crippen LogP contribution in [0.3, 0.4) is 0 Å². The summed E-state index contributed by atoms with van der Waals surface area (Å²) in [4.78, 5) is 28.6. The highest BCUT2D eigenvalue weighted by Gasteiger charge is 2.40. The van der Waals surface area contributed by atoms with Crippen molar-refractivity contribution in [2.75, 3.05) is 13.1 Å². The fourth-order valence-electron chi connectivity index (χ4n) is 2.85. The SMILES string of the molecule is NC(=O)C1(O)CCCN(C(=O)c2cccc3[nH]ccc23)C1. The van der Waals surface area contributed by atoms with Crippen LogP contribution in [0.2, 0.25) is 0 Å². The van der Waals surface area contributed by atoms with Crippen molar-refractivity contribution in [2.45, 2.75) is 18.4 Å². The summed E-state index contributed by atoms with van der Waals surface area (Å²) >= 11 is 0. The average Bonchev–Trinajstić information content (AvgIpc) is 2.94. The van der Waals surface area contributed by atoms with Crippen LogP contribution in [0.5, 0.6) is 0 Å². The molecule has 1 atom stereocenters. The lowest BCUT2D eigenvalue weighted by Gasteiger charge is -2.37. The van der Waals surface area contributed by atoms with Crippen LogP contribution in [0.4, 0.5) is 0 Å². The fraction of sp³-hybridized carbons (Fsp3) is 0.333. The molecule has 1 fully saturated rings. The van der Waals surface area contributed by atoms with Gasteiger partial charge in [-0.05, 0) is 31.0 Å². The molecule has 1 aliphatic rings. The molecule has 2 heterocycles. The molecule has 3 rings (SSSR count). The number of carbonyl (C=O) groups is 2. The van der Waals surface area contributed by atoms with Gasteiger partial charge in [-0.1, -0.05) is 6.07 Å². The highest BCUT2D eigenvalue weighted by molar-refractivity contribution is 6.06. The molecule has 110 valence electrons. The standard InChI is InChI=1S/C15H17N3O3/c16-14(20)15(21)6-2-8-18(9-15)13(19)11-3-1-4-12-10(11)5-7-17-12/h1,3-5,7,17,21H,2,6,8-9H2,(H2,16,20). The summed E-state index contributed by atoms with van der Waals surface area (Å²) in [6.07, 6.45) is 2.62. The third-order valence-corrected chi connectivity index (χ3v) is 4.04. The van der Waals surface area contributed by atoms with Crippen LogP contribution < -0.4 is 5.73 Å². The number of nitrogens with two attached hydrogens (primary N) is 1. The van der Waals surface area contributed by atoms with Crippen molar-refractivity contribution in [1.82, 2.24) is 9.88 Å². The predicted octanol–water partition coefficient (Wildman–Crippen LogP) is 0.620. The molecule has 2 aromatic rings. The number of hydrogen-bond donors (Lipinski definition) is 3. The van der Waals surface area contributed by atoms with Crippen LogP contribution >= 0.6 is 0 Å². The Labute approximate surface area is 121 Å². The van der Waals surface area contributed by atoms with Crippen molar-refractivity contribution in [3.63, 3.8) is 0 Å². The number of aromatic nitrogens is 1. The Kier molecular flexibility index (Phi) is 3.17. The van der Waals surface area contributed by atoms with Crippen LogP contribution in [0, 0.1) is 0 Å².